The van der Waals surface area contributed by atoms with Crippen LogP contribution in [0.15, 0.2) is 6.07 Å². The highest BCUT2D eigenvalue weighted by Gasteiger charge is 2.14. The summed E-state index contributed by atoms with van der Waals surface area (Å²) in [6, 6.07) is 1.94. The number of aryl methyl sites for hydroxylation is 2. The van der Waals surface area contributed by atoms with Crippen LogP contribution < -0.4 is 5.32 Å². The number of hydrogen-bond donors (Lipinski definition) is 2. The van der Waals surface area contributed by atoms with Crippen molar-refractivity contribution in [2.75, 3.05) is 13.2 Å². The summed E-state index contributed by atoms with van der Waals surface area (Å²) in [5.74, 6) is 0.948. The Morgan fingerprint density at radius 1 is 1.42 bits per heavy atom. The Labute approximate surface area is 120 Å². The van der Waals surface area contributed by atoms with Crippen molar-refractivity contribution in [1.82, 2.24) is 5.32 Å². The fraction of sp³-hybridized carbons (Fsp3) is 0.667. The Kier molecular flexibility index (Phi) is 6.52. The summed E-state index contributed by atoms with van der Waals surface area (Å²) < 4.78 is 0. The van der Waals surface area contributed by atoms with Gasteiger partial charge in [0.2, 0.25) is 0 Å². The second-order valence-electron chi connectivity index (χ2n) is 5.57. The first-order chi connectivity index (χ1) is 8.93. The number of carbonyl (C=O) groups is 1. The molecule has 0 radical (unpaired) electrons. The van der Waals surface area contributed by atoms with E-state index in [1.54, 1.807) is 0 Å². The van der Waals surface area contributed by atoms with E-state index in [2.05, 4.69) is 19.2 Å². The molecule has 108 valence electrons. The second kappa shape index (κ2) is 7.65. The highest BCUT2D eigenvalue weighted by Crippen LogP contribution is 2.21. The number of aliphatic hydroxyl groups is 1. The van der Waals surface area contributed by atoms with E-state index in [0.717, 1.165) is 17.7 Å². The molecule has 0 saturated heterocycles. The number of thiophene rings is 1. The van der Waals surface area contributed by atoms with Gasteiger partial charge in [-0.3, -0.25) is 4.79 Å². The molecule has 0 saturated carbocycles. The lowest BCUT2D eigenvalue weighted by atomic mass is 9.94. The number of amides is 1. The van der Waals surface area contributed by atoms with Crippen LogP contribution in [-0.2, 0) is 0 Å². The minimum atomic E-state index is 0.00731. The number of rotatable bonds is 7. The lowest BCUT2D eigenvalue weighted by molar-refractivity contribution is 0.0945. The molecule has 19 heavy (non-hydrogen) atoms. The van der Waals surface area contributed by atoms with Gasteiger partial charge in [-0.05, 0) is 50.2 Å². The zero-order valence-corrected chi connectivity index (χ0v) is 13.1. The van der Waals surface area contributed by atoms with Crippen molar-refractivity contribution in [1.29, 1.82) is 0 Å². The van der Waals surface area contributed by atoms with Crippen LogP contribution in [0.3, 0.4) is 0 Å². The van der Waals surface area contributed by atoms with Gasteiger partial charge in [0.25, 0.3) is 5.91 Å². The molecule has 4 heteroatoms. The van der Waals surface area contributed by atoms with Gasteiger partial charge in [-0.25, -0.2) is 0 Å². The van der Waals surface area contributed by atoms with Crippen LogP contribution >= 0.6 is 11.3 Å². The quantitative estimate of drug-likeness (QED) is 0.807. The Balaban J connectivity index is 2.51. The third-order valence-corrected chi connectivity index (χ3v) is 4.43. The Morgan fingerprint density at radius 3 is 2.58 bits per heavy atom. The Morgan fingerprint density at radius 2 is 2.11 bits per heavy atom. The third-order valence-electron chi connectivity index (χ3n) is 3.28. The molecule has 0 aliphatic carbocycles. The van der Waals surface area contributed by atoms with Crippen molar-refractivity contribution in [2.24, 2.45) is 11.8 Å². The van der Waals surface area contributed by atoms with Crippen LogP contribution in [0, 0.1) is 25.7 Å². The maximum Gasteiger partial charge on any atom is 0.261 e. The first-order valence-electron chi connectivity index (χ1n) is 6.90. The van der Waals surface area contributed by atoms with Crippen LogP contribution in [0.1, 0.15) is 46.8 Å². The smallest absolute Gasteiger partial charge is 0.261 e. The van der Waals surface area contributed by atoms with Gasteiger partial charge in [0, 0.05) is 18.0 Å². The molecule has 1 aromatic heterocycles. The molecule has 1 atom stereocenters. The molecule has 0 aliphatic heterocycles. The van der Waals surface area contributed by atoms with E-state index in [-0.39, 0.29) is 12.5 Å². The molecular formula is C15H25NO2S. The topological polar surface area (TPSA) is 49.3 Å². The lowest BCUT2D eigenvalue weighted by Crippen LogP contribution is -2.29. The van der Waals surface area contributed by atoms with E-state index >= 15 is 0 Å². The number of aliphatic hydroxyl groups excluding tert-OH is 1. The van der Waals surface area contributed by atoms with Gasteiger partial charge in [0.1, 0.15) is 0 Å². The Hall–Kier alpha value is -0.870. The SMILES string of the molecule is Cc1cc(C(=O)NCC(CCO)CC(C)C)sc1C. The number of carbonyl (C=O) groups excluding carboxylic acids is 1. The first-order valence-corrected chi connectivity index (χ1v) is 7.71. The van der Waals surface area contributed by atoms with Crippen molar-refractivity contribution < 1.29 is 9.90 Å². The van der Waals surface area contributed by atoms with Gasteiger partial charge in [0.05, 0.1) is 4.88 Å². The summed E-state index contributed by atoms with van der Waals surface area (Å²) in [5.41, 5.74) is 1.17. The van der Waals surface area contributed by atoms with E-state index in [0.29, 0.717) is 18.4 Å². The normalized spacial score (nSPS) is 12.7. The zero-order valence-electron chi connectivity index (χ0n) is 12.3. The molecule has 0 aliphatic rings. The molecule has 0 bridgehead atoms. The Bertz CT molecular complexity index is 393. The van der Waals surface area contributed by atoms with Gasteiger partial charge in [-0.2, -0.15) is 0 Å². The molecular weight excluding hydrogens is 258 g/mol. The van der Waals surface area contributed by atoms with Gasteiger partial charge in [-0.1, -0.05) is 13.8 Å². The largest absolute Gasteiger partial charge is 0.396 e. The molecule has 0 spiro atoms. The fourth-order valence-electron chi connectivity index (χ4n) is 2.16. The van der Waals surface area contributed by atoms with E-state index in [4.69, 9.17) is 5.11 Å². The average Bonchev–Trinajstić information content (AvgIpc) is 2.66. The standard InChI is InChI=1S/C15H25NO2S/c1-10(2)7-13(5-6-17)9-16-15(18)14-8-11(3)12(4)19-14/h8,10,13,17H,5-7,9H2,1-4H3,(H,16,18). The molecule has 1 amide bonds. The van der Waals surface area contributed by atoms with E-state index in [9.17, 15) is 4.79 Å². The van der Waals surface area contributed by atoms with Gasteiger partial charge >= 0.3 is 0 Å². The van der Waals surface area contributed by atoms with Crippen LogP contribution in [0.4, 0.5) is 0 Å². The first kappa shape index (κ1) is 16.2. The summed E-state index contributed by atoms with van der Waals surface area (Å²) >= 11 is 1.54. The minimum Gasteiger partial charge on any atom is -0.396 e. The van der Waals surface area contributed by atoms with Crippen molar-refractivity contribution in [2.45, 2.75) is 40.5 Å². The van der Waals surface area contributed by atoms with Crippen molar-refractivity contribution in [3.63, 3.8) is 0 Å². The van der Waals surface area contributed by atoms with Crippen LogP contribution in [0.2, 0.25) is 0 Å². The summed E-state index contributed by atoms with van der Waals surface area (Å²) in [6.45, 7) is 9.22. The number of hydrogen-bond acceptors (Lipinski definition) is 3. The summed E-state index contributed by atoms with van der Waals surface area (Å²) in [5, 5.41) is 12.1. The van der Waals surface area contributed by atoms with Crippen molar-refractivity contribution in [3.05, 3.63) is 21.4 Å². The maximum atomic E-state index is 12.0. The molecule has 0 fully saturated rings. The molecule has 1 rings (SSSR count). The van der Waals surface area contributed by atoms with Crippen molar-refractivity contribution >= 4 is 17.2 Å². The summed E-state index contributed by atoms with van der Waals surface area (Å²) in [4.78, 5) is 14.0. The summed E-state index contributed by atoms with van der Waals surface area (Å²) in [6.07, 6.45) is 1.78. The van der Waals surface area contributed by atoms with Gasteiger partial charge < -0.3 is 10.4 Å². The highest BCUT2D eigenvalue weighted by molar-refractivity contribution is 7.14. The van der Waals surface area contributed by atoms with Crippen molar-refractivity contribution in [3.8, 4) is 0 Å². The van der Waals surface area contributed by atoms with Crippen LogP contribution in [0.5, 0.6) is 0 Å². The predicted molar refractivity (Wildman–Crippen MR) is 80.8 cm³/mol. The summed E-state index contributed by atoms with van der Waals surface area (Å²) in [7, 11) is 0. The molecule has 1 heterocycles. The van der Waals surface area contributed by atoms with E-state index in [1.165, 1.54) is 21.8 Å². The van der Waals surface area contributed by atoms with Gasteiger partial charge in [-0.15, -0.1) is 11.3 Å². The van der Waals surface area contributed by atoms with E-state index < -0.39 is 0 Å². The monoisotopic (exact) mass is 283 g/mol. The second-order valence-corrected chi connectivity index (χ2v) is 6.82. The average molecular weight is 283 g/mol. The molecule has 1 unspecified atom stereocenters. The van der Waals surface area contributed by atoms with E-state index in [1.807, 2.05) is 19.9 Å². The molecule has 2 N–H and O–H groups in total. The minimum absolute atomic E-state index is 0.00731. The van der Waals surface area contributed by atoms with Crippen LogP contribution in [-0.4, -0.2) is 24.2 Å². The zero-order chi connectivity index (χ0) is 14.4. The molecule has 1 aromatic rings. The third kappa shape index (κ3) is 5.33. The number of nitrogens with one attached hydrogen (secondary N) is 1. The lowest BCUT2D eigenvalue weighted by Gasteiger charge is -2.18. The fourth-order valence-corrected chi connectivity index (χ4v) is 3.11. The maximum absolute atomic E-state index is 12.0. The molecule has 3 nitrogen and oxygen atoms in total. The van der Waals surface area contributed by atoms with Gasteiger partial charge in [0.15, 0.2) is 0 Å². The predicted octanol–water partition coefficient (Wildman–Crippen LogP) is 3.14. The molecule has 0 aromatic carbocycles. The highest BCUT2D eigenvalue weighted by atomic mass is 32.1. The van der Waals surface area contributed by atoms with Crippen LogP contribution in [0.25, 0.3) is 0 Å².